The van der Waals surface area contributed by atoms with E-state index in [1.165, 1.54) is 12.3 Å². The summed E-state index contributed by atoms with van der Waals surface area (Å²) < 4.78 is 13.5. The van der Waals surface area contributed by atoms with E-state index < -0.39 is 0 Å². The van der Waals surface area contributed by atoms with Gasteiger partial charge in [-0.15, -0.1) is 0 Å². The molecule has 0 saturated heterocycles. The van der Waals surface area contributed by atoms with E-state index in [1.807, 2.05) is 25.1 Å². The first-order chi connectivity index (χ1) is 9.65. The van der Waals surface area contributed by atoms with E-state index in [4.69, 9.17) is 0 Å². The molecule has 0 saturated carbocycles. The number of nitrogens with zero attached hydrogens (tertiary/aromatic N) is 1. The van der Waals surface area contributed by atoms with Crippen LogP contribution in [0.2, 0.25) is 0 Å². The fraction of sp³-hybridized carbons (Fsp3) is 0.0625. The molecule has 3 nitrogen and oxygen atoms in total. The summed E-state index contributed by atoms with van der Waals surface area (Å²) in [5.41, 5.74) is 2.73. The van der Waals surface area contributed by atoms with Crippen molar-refractivity contribution in [3.05, 3.63) is 59.4 Å². The van der Waals surface area contributed by atoms with E-state index in [-0.39, 0.29) is 17.4 Å². The van der Waals surface area contributed by atoms with Gasteiger partial charge in [0.05, 0.1) is 11.3 Å². The van der Waals surface area contributed by atoms with Crippen LogP contribution in [0.15, 0.2) is 47.5 Å². The van der Waals surface area contributed by atoms with Crippen molar-refractivity contribution in [2.45, 2.75) is 6.92 Å². The fourth-order valence-electron chi connectivity index (χ4n) is 2.14. The van der Waals surface area contributed by atoms with E-state index >= 15 is 0 Å². The van der Waals surface area contributed by atoms with Crippen molar-refractivity contribution in [2.24, 2.45) is 4.99 Å². The lowest BCUT2D eigenvalue weighted by Crippen LogP contribution is -1.81. The molecular weight excluding hydrogens is 255 g/mol. The first kappa shape index (κ1) is 12.4. The van der Waals surface area contributed by atoms with Crippen molar-refractivity contribution >= 4 is 22.8 Å². The van der Waals surface area contributed by atoms with Gasteiger partial charge in [-0.1, -0.05) is 24.3 Å². The highest BCUT2D eigenvalue weighted by Gasteiger charge is 2.09. The third-order valence-corrected chi connectivity index (χ3v) is 3.16. The van der Waals surface area contributed by atoms with Crippen LogP contribution in [0.1, 0.15) is 11.1 Å². The van der Waals surface area contributed by atoms with Crippen LogP contribution in [-0.2, 0) is 0 Å². The molecule has 20 heavy (non-hydrogen) atoms. The Bertz CT molecular complexity index is 805. The maximum atomic E-state index is 13.5. The number of aryl methyl sites for hydroxylation is 1. The Morgan fingerprint density at radius 1 is 1.20 bits per heavy atom. The van der Waals surface area contributed by atoms with Gasteiger partial charge in [0.2, 0.25) is 0 Å². The molecule has 0 fully saturated rings. The summed E-state index contributed by atoms with van der Waals surface area (Å²) in [6, 6.07) is 12.1. The molecule has 0 spiro atoms. The van der Waals surface area contributed by atoms with Gasteiger partial charge in [0.1, 0.15) is 5.82 Å². The number of hydrogen-bond donors (Lipinski definition) is 2. The minimum absolute atomic E-state index is 0.0330. The molecule has 2 N–H and O–H groups in total. The molecule has 100 valence electrons. The Labute approximate surface area is 115 Å². The summed E-state index contributed by atoms with van der Waals surface area (Å²) >= 11 is 0. The number of aliphatic imine (C=N–C) groups is 1. The highest BCUT2D eigenvalue weighted by Crippen LogP contribution is 2.27. The van der Waals surface area contributed by atoms with Crippen LogP contribution in [-0.4, -0.2) is 16.3 Å². The van der Waals surface area contributed by atoms with Crippen molar-refractivity contribution in [3.63, 3.8) is 0 Å². The Balaban J connectivity index is 2.07. The molecule has 0 aliphatic carbocycles. The van der Waals surface area contributed by atoms with Crippen LogP contribution >= 0.6 is 0 Å². The normalized spacial score (nSPS) is 11.5. The van der Waals surface area contributed by atoms with Gasteiger partial charge in [0, 0.05) is 17.1 Å². The average molecular weight is 268 g/mol. The summed E-state index contributed by atoms with van der Waals surface area (Å²) in [7, 11) is 0. The predicted molar refractivity (Wildman–Crippen MR) is 78.4 cm³/mol. The Morgan fingerprint density at radius 3 is 2.80 bits per heavy atom. The third kappa shape index (κ3) is 2.16. The van der Waals surface area contributed by atoms with Crippen molar-refractivity contribution < 1.29 is 9.50 Å². The summed E-state index contributed by atoms with van der Waals surface area (Å²) in [6.45, 7) is 1.98. The number of rotatable bonds is 2. The first-order valence-corrected chi connectivity index (χ1v) is 6.25. The molecule has 0 unspecified atom stereocenters. The van der Waals surface area contributed by atoms with Gasteiger partial charge < -0.3 is 10.1 Å². The second-order valence-electron chi connectivity index (χ2n) is 4.65. The zero-order valence-corrected chi connectivity index (χ0v) is 10.9. The summed E-state index contributed by atoms with van der Waals surface area (Å²) in [5.74, 6) is -0.357. The van der Waals surface area contributed by atoms with Crippen LogP contribution in [0, 0.1) is 12.7 Å². The van der Waals surface area contributed by atoms with Crippen LogP contribution in [0.4, 0.5) is 10.1 Å². The second kappa shape index (κ2) is 4.81. The zero-order chi connectivity index (χ0) is 14.1. The van der Waals surface area contributed by atoms with Gasteiger partial charge >= 0.3 is 0 Å². The lowest BCUT2D eigenvalue weighted by molar-refractivity contribution is 0.457. The number of aromatic nitrogens is 1. The number of fused-ring (bicyclic) bond motifs is 1. The second-order valence-corrected chi connectivity index (χ2v) is 4.65. The van der Waals surface area contributed by atoms with Crippen molar-refractivity contribution in [2.75, 3.05) is 0 Å². The minimum Gasteiger partial charge on any atom is -0.494 e. The van der Waals surface area contributed by atoms with E-state index in [1.54, 1.807) is 18.2 Å². The monoisotopic (exact) mass is 268 g/mol. The maximum absolute atomic E-state index is 13.5. The van der Waals surface area contributed by atoms with Gasteiger partial charge in [-0.25, -0.2) is 4.39 Å². The lowest BCUT2D eigenvalue weighted by atomic mass is 10.1. The number of aromatic hydroxyl groups is 1. The molecule has 0 atom stereocenters. The molecule has 1 heterocycles. The van der Waals surface area contributed by atoms with Gasteiger partial charge in [-0.2, -0.15) is 0 Å². The molecule has 3 aromatic rings. The number of nitrogens with one attached hydrogen (secondary N) is 1. The number of benzene rings is 2. The molecular formula is C16H13FN2O. The Morgan fingerprint density at radius 2 is 2.00 bits per heavy atom. The van der Waals surface area contributed by atoms with Crippen LogP contribution < -0.4 is 0 Å². The van der Waals surface area contributed by atoms with E-state index in [0.29, 0.717) is 5.56 Å². The molecule has 0 radical (unpaired) electrons. The van der Waals surface area contributed by atoms with Crippen LogP contribution in [0.3, 0.4) is 0 Å². The lowest BCUT2D eigenvalue weighted by Gasteiger charge is -1.96. The molecule has 0 aliphatic heterocycles. The molecule has 0 aliphatic rings. The molecule has 3 rings (SSSR count). The smallest absolute Gasteiger partial charge is 0.198 e. The fourth-order valence-corrected chi connectivity index (χ4v) is 2.14. The molecule has 0 bridgehead atoms. The number of aromatic amines is 1. The number of halogens is 1. The number of hydrogen-bond acceptors (Lipinski definition) is 2. The van der Waals surface area contributed by atoms with Crippen LogP contribution in [0.5, 0.6) is 5.88 Å². The van der Waals surface area contributed by atoms with Gasteiger partial charge in [0.25, 0.3) is 0 Å². The molecule has 4 heteroatoms. The van der Waals surface area contributed by atoms with Gasteiger partial charge in [0.15, 0.2) is 5.88 Å². The van der Waals surface area contributed by atoms with Crippen molar-refractivity contribution in [1.82, 2.24) is 4.98 Å². The Kier molecular flexibility index (Phi) is 2.99. The number of H-pyrrole nitrogens is 1. The third-order valence-electron chi connectivity index (χ3n) is 3.16. The number of para-hydroxylation sites is 1. The van der Waals surface area contributed by atoms with Crippen molar-refractivity contribution in [3.8, 4) is 5.88 Å². The van der Waals surface area contributed by atoms with E-state index in [0.717, 1.165) is 16.5 Å². The predicted octanol–water partition coefficient (Wildman–Crippen LogP) is 4.07. The standard InChI is InChI=1S/C16H13FN2O/c1-10-6-7-11-12(16(20)19-15(11)8-10)9-18-14-5-3-2-4-13(14)17/h2-9,19-20H,1H3. The van der Waals surface area contributed by atoms with Crippen molar-refractivity contribution in [1.29, 1.82) is 0 Å². The quantitative estimate of drug-likeness (QED) is 0.676. The highest BCUT2D eigenvalue weighted by molar-refractivity contribution is 6.02. The minimum atomic E-state index is -0.390. The van der Waals surface area contributed by atoms with E-state index in [2.05, 4.69) is 9.98 Å². The molecule has 0 amide bonds. The summed E-state index contributed by atoms with van der Waals surface area (Å²) in [4.78, 5) is 6.99. The summed E-state index contributed by atoms with van der Waals surface area (Å²) in [6.07, 6.45) is 1.47. The first-order valence-electron chi connectivity index (χ1n) is 6.25. The topological polar surface area (TPSA) is 48.4 Å². The van der Waals surface area contributed by atoms with Crippen LogP contribution in [0.25, 0.3) is 10.9 Å². The SMILES string of the molecule is Cc1ccc2c(C=Nc3ccccc3F)c(O)[nH]c2c1. The van der Waals surface area contributed by atoms with Gasteiger partial charge in [-0.05, 0) is 30.7 Å². The molecule has 1 aromatic heterocycles. The summed E-state index contributed by atoms with van der Waals surface area (Å²) in [5, 5.41) is 10.8. The highest BCUT2D eigenvalue weighted by atomic mass is 19.1. The average Bonchev–Trinajstić information content (AvgIpc) is 2.73. The maximum Gasteiger partial charge on any atom is 0.198 e. The zero-order valence-electron chi connectivity index (χ0n) is 10.9. The van der Waals surface area contributed by atoms with Gasteiger partial charge in [-0.3, -0.25) is 4.99 Å². The largest absolute Gasteiger partial charge is 0.494 e. The van der Waals surface area contributed by atoms with E-state index in [9.17, 15) is 9.50 Å². The Hall–Kier alpha value is -2.62. The molecule has 2 aromatic carbocycles.